The van der Waals surface area contributed by atoms with Crippen LogP contribution in [0.3, 0.4) is 0 Å². The Morgan fingerprint density at radius 2 is 1.88 bits per heavy atom. The molecule has 1 aromatic carbocycles. The van der Waals surface area contributed by atoms with Gasteiger partial charge in [0, 0.05) is 10.0 Å². The zero-order chi connectivity index (χ0) is 12.1. The van der Waals surface area contributed by atoms with E-state index in [1.807, 2.05) is 6.92 Å². The molecule has 1 aromatic rings. The van der Waals surface area contributed by atoms with E-state index in [-0.39, 0.29) is 0 Å². The predicted molar refractivity (Wildman–Crippen MR) is 67.1 cm³/mol. The van der Waals surface area contributed by atoms with Gasteiger partial charge in [0.15, 0.2) is 0 Å². The third kappa shape index (κ3) is 3.95. The Labute approximate surface area is 106 Å². The molecule has 0 bridgehead atoms. The maximum Gasteiger partial charge on any atom is 0.0802 e. The minimum absolute atomic E-state index is 0.481. The van der Waals surface area contributed by atoms with Crippen LogP contribution in [0.5, 0.6) is 0 Å². The van der Waals surface area contributed by atoms with Gasteiger partial charge in [-0.15, -0.1) is 0 Å². The molecule has 1 rings (SSSR count). The average molecular weight is 263 g/mol. The van der Waals surface area contributed by atoms with Gasteiger partial charge in [-0.05, 0) is 43.0 Å². The second-order valence-corrected chi connectivity index (χ2v) is 4.66. The second-order valence-electron chi connectivity index (χ2n) is 3.82. The Kier molecular flexibility index (Phi) is 5.56. The van der Waals surface area contributed by atoms with Gasteiger partial charge in [-0.25, -0.2) is 0 Å². The molecule has 2 nitrogen and oxygen atoms in total. The number of hydrogen-bond acceptors (Lipinski definition) is 2. The van der Waals surface area contributed by atoms with E-state index in [9.17, 15) is 10.2 Å². The first-order valence-corrected chi connectivity index (χ1v) is 6.10. The van der Waals surface area contributed by atoms with Crippen LogP contribution in [0.1, 0.15) is 25.3 Å². The molecule has 0 radical (unpaired) electrons. The van der Waals surface area contributed by atoms with Crippen molar-refractivity contribution in [2.24, 2.45) is 0 Å². The number of aliphatic hydroxyl groups excluding tert-OH is 2. The lowest BCUT2D eigenvalue weighted by atomic mass is 10.0. The maximum atomic E-state index is 9.61. The van der Waals surface area contributed by atoms with Gasteiger partial charge < -0.3 is 10.2 Å². The lowest BCUT2D eigenvalue weighted by Gasteiger charge is -2.16. The smallest absolute Gasteiger partial charge is 0.0802 e. The van der Waals surface area contributed by atoms with Crippen LogP contribution in [0.2, 0.25) is 10.0 Å². The Morgan fingerprint density at radius 3 is 2.50 bits per heavy atom. The summed E-state index contributed by atoms with van der Waals surface area (Å²) in [5, 5.41) is 20.3. The maximum absolute atomic E-state index is 9.61. The third-order valence-corrected chi connectivity index (χ3v) is 3.18. The number of aryl methyl sites for hydroxylation is 1. The standard InChI is InChI=1S/C12H16Cl2O2/c1-2-11(15)12(16)6-3-8-7-9(13)4-5-10(8)14/h4-5,7,11-12,15-16H,2-3,6H2,1H3. The fraction of sp³-hybridized carbons (Fsp3) is 0.500. The largest absolute Gasteiger partial charge is 0.390 e. The zero-order valence-corrected chi connectivity index (χ0v) is 10.7. The van der Waals surface area contributed by atoms with Crippen LogP contribution in [0, 0.1) is 0 Å². The van der Waals surface area contributed by atoms with Crippen LogP contribution in [0.25, 0.3) is 0 Å². The normalized spacial score (nSPS) is 14.8. The van der Waals surface area contributed by atoms with Gasteiger partial charge in [0.05, 0.1) is 12.2 Å². The van der Waals surface area contributed by atoms with Gasteiger partial charge >= 0.3 is 0 Å². The first-order valence-electron chi connectivity index (χ1n) is 5.34. The summed E-state index contributed by atoms with van der Waals surface area (Å²) in [6.45, 7) is 1.83. The first-order chi connectivity index (χ1) is 7.54. The van der Waals surface area contributed by atoms with E-state index in [0.717, 1.165) is 5.56 Å². The van der Waals surface area contributed by atoms with Gasteiger partial charge in [-0.2, -0.15) is 0 Å². The Hall–Kier alpha value is -0.280. The van der Waals surface area contributed by atoms with Crippen molar-refractivity contribution in [3.05, 3.63) is 33.8 Å². The second kappa shape index (κ2) is 6.45. The summed E-state index contributed by atoms with van der Waals surface area (Å²) in [6.07, 6.45) is 0.259. The summed E-state index contributed by atoms with van der Waals surface area (Å²) in [6, 6.07) is 5.25. The van der Waals surface area contributed by atoms with E-state index in [0.29, 0.717) is 29.3 Å². The molecule has 0 heterocycles. The van der Waals surface area contributed by atoms with Crippen molar-refractivity contribution in [1.29, 1.82) is 0 Å². The van der Waals surface area contributed by atoms with Crippen molar-refractivity contribution < 1.29 is 10.2 Å². The molecular weight excluding hydrogens is 247 g/mol. The molecule has 0 fully saturated rings. The van der Waals surface area contributed by atoms with E-state index in [4.69, 9.17) is 23.2 Å². The lowest BCUT2D eigenvalue weighted by Crippen LogP contribution is -2.25. The Bertz CT molecular complexity index is 342. The van der Waals surface area contributed by atoms with E-state index in [1.165, 1.54) is 0 Å². The predicted octanol–water partition coefficient (Wildman–Crippen LogP) is 3.06. The van der Waals surface area contributed by atoms with E-state index >= 15 is 0 Å². The van der Waals surface area contributed by atoms with Crippen molar-refractivity contribution in [2.75, 3.05) is 0 Å². The van der Waals surface area contributed by atoms with Gasteiger partial charge in [0.25, 0.3) is 0 Å². The molecule has 16 heavy (non-hydrogen) atoms. The van der Waals surface area contributed by atoms with Crippen molar-refractivity contribution >= 4 is 23.2 Å². The van der Waals surface area contributed by atoms with E-state index in [1.54, 1.807) is 18.2 Å². The number of aliphatic hydroxyl groups is 2. The summed E-state index contributed by atoms with van der Waals surface area (Å²) in [7, 11) is 0. The highest BCUT2D eigenvalue weighted by Gasteiger charge is 2.14. The van der Waals surface area contributed by atoms with Crippen LogP contribution >= 0.6 is 23.2 Å². The molecule has 0 aliphatic heterocycles. The molecule has 0 spiro atoms. The van der Waals surface area contributed by atoms with Gasteiger partial charge in [-0.3, -0.25) is 0 Å². The van der Waals surface area contributed by atoms with E-state index < -0.39 is 12.2 Å². The molecule has 0 aromatic heterocycles. The first kappa shape index (κ1) is 13.8. The van der Waals surface area contributed by atoms with Crippen molar-refractivity contribution in [1.82, 2.24) is 0 Å². The summed E-state index contributed by atoms with van der Waals surface area (Å²) >= 11 is 11.8. The Morgan fingerprint density at radius 1 is 1.19 bits per heavy atom. The molecule has 90 valence electrons. The van der Waals surface area contributed by atoms with Crippen LogP contribution in [-0.4, -0.2) is 22.4 Å². The van der Waals surface area contributed by atoms with Crippen LogP contribution in [-0.2, 0) is 6.42 Å². The van der Waals surface area contributed by atoms with Crippen molar-refractivity contribution in [3.63, 3.8) is 0 Å². The third-order valence-electron chi connectivity index (χ3n) is 2.58. The molecule has 0 aliphatic rings. The monoisotopic (exact) mass is 262 g/mol. The minimum Gasteiger partial charge on any atom is -0.390 e. The molecular formula is C12H16Cl2O2. The molecule has 2 unspecified atom stereocenters. The zero-order valence-electron chi connectivity index (χ0n) is 9.16. The summed E-state index contributed by atoms with van der Waals surface area (Å²) in [5.41, 5.74) is 0.900. The number of halogens is 2. The van der Waals surface area contributed by atoms with Crippen LogP contribution in [0.15, 0.2) is 18.2 Å². The molecule has 0 saturated heterocycles. The topological polar surface area (TPSA) is 40.5 Å². The lowest BCUT2D eigenvalue weighted by molar-refractivity contribution is 0.0130. The number of rotatable bonds is 5. The fourth-order valence-electron chi connectivity index (χ4n) is 1.50. The summed E-state index contributed by atoms with van der Waals surface area (Å²) < 4.78 is 0. The van der Waals surface area contributed by atoms with Crippen LogP contribution in [0.4, 0.5) is 0 Å². The number of benzene rings is 1. The summed E-state index contributed by atoms with van der Waals surface area (Å²) in [5.74, 6) is 0. The van der Waals surface area contributed by atoms with Gasteiger partial charge in [-0.1, -0.05) is 30.1 Å². The highest BCUT2D eigenvalue weighted by atomic mass is 35.5. The molecule has 0 saturated carbocycles. The molecule has 0 amide bonds. The minimum atomic E-state index is -0.708. The fourth-order valence-corrected chi connectivity index (χ4v) is 1.91. The van der Waals surface area contributed by atoms with Gasteiger partial charge in [0.1, 0.15) is 0 Å². The van der Waals surface area contributed by atoms with E-state index in [2.05, 4.69) is 0 Å². The highest BCUT2D eigenvalue weighted by Crippen LogP contribution is 2.22. The average Bonchev–Trinajstić information content (AvgIpc) is 2.28. The molecule has 0 aliphatic carbocycles. The molecule has 2 atom stereocenters. The number of hydrogen-bond donors (Lipinski definition) is 2. The van der Waals surface area contributed by atoms with Crippen LogP contribution < -0.4 is 0 Å². The molecule has 2 N–H and O–H groups in total. The summed E-state index contributed by atoms with van der Waals surface area (Å²) in [4.78, 5) is 0. The SMILES string of the molecule is CCC(O)C(O)CCc1cc(Cl)ccc1Cl. The highest BCUT2D eigenvalue weighted by molar-refractivity contribution is 6.33. The molecule has 4 heteroatoms. The van der Waals surface area contributed by atoms with Crippen molar-refractivity contribution in [2.45, 2.75) is 38.4 Å². The van der Waals surface area contributed by atoms with Crippen molar-refractivity contribution in [3.8, 4) is 0 Å². The quantitative estimate of drug-likeness (QED) is 0.857. The van der Waals surface area contributed by atoms with Gasteiger partial charge in [0.2, 0.25) is 0 Å². The Balaban J connectivity index is 2.57.